The molecule has 1 aromatic rings. The Balaban J connectivity index is 2.83. The predicted octanol–water partition coefficient (Wildman–Crippen LogP) is 3.22. The third-order valence-corrected chi connectivity index (χ3v) is 4.69. The molecule has 2 N–H and O–H groups in total. The van der Waals surface area contributed by atoms with Gasteiger partial charge in [-0.3, -0.25) is 9.88 Å². The van der Waals surface area contributed by atoms with Gasteiger partial charge in [-0.05, 0) is 54.5 Å². The summed E-state index contributed by atoms with van der Waals surface area (Å²) in [5.41, 5.74) is 7.58. The van der Waals surface area contributed by atoms with E-state index in [4.69, 9.17) is 5.73 Å². The quantitative estimate of drug-likeness (QED) is 0.836. The van der Waals surface area contributed by atoms with E-state index < -0.39 is 0 Å². The molecule has 4 heteroatoms. The summed E-state index contributed by atoms with van der Waals surface area (Å²) in [5.74, 6) is 0. The van der Waals surface area contributed by atoms with Crippen molar-refractivity contribution in [3.63, 3.8) is 0 Å². The highest BCUT2D eigenvalue weighted by Gasteiger charge is 2.34. The average molecular weight is 328 g/mol. The monoisotopic (exact) mass is 327 g/mol. The van der Waals surface area contributed by atoms with Crippen molar-refractivity contribution in [2.24, 2.45) is 5.73 Å². The van der Waals surface area contributed by atoms with E-state index in [1.54, 1.807) is 0 Å². The summed E-state index contributed by atoms with van der Waals surface area (Å²) in [4.78, 5) is 6.89. The molecule has 0 saturated heterocycles. The van der Waals surface area contributed by atoms with Crippen LogP contribution in [0, 0.1) is 0 Å². The van der Waals surface area contributed by atoms with Crippen LogP contribution in [0.4, 0.5) is 0 Å². The van der Waals surface area contributed by atoms with Crippen LogP contribution in [0.15, 0.2) is 22.8 Å². The number of nitrogens with two attached hydrogens (primary N) is 1. The summed E-state index contributed by atoms with van der Waals surface area (Å²) in [6, 6.07) is 4.16. The van der Waals surface area contributed by atoms with Gasteiger partial charge in [-0.2, -0.15) is 0 Å². The Morgan fingerprint density at radius 2 is 1.95 bits per heavy atom. The molecule has 108 valence electrons. The maximum Gasteiger partial charge on any atom is 0.0420 e. The fourth-order valence-corrected chi connectivity index (χ4v) is 2.87. The van der Waals surface area contributed by atoms with Crippen molar-refractivity contribution >= 4 is 15.9 Å². The molecule has 3 nitrogen and oxygen atoms in total. The fraction of sp³-hybridized carbons (Fsp3) is 0.667. The Bertz CT molecular complexity index is 375. The summed E-state index contributed by atoms with van der Waals surface area (Å²) in [5, 5.41) is 0. The van der Waals surface area contributed by atoms with Crippen molar-refractivity contribution < 1.29 is 0 Å². The molecule has 0 saturated carbocycles. The number of hydrogen-bond donors (Lipinski definition) is 1. The van der Waals surface area contributed by atoms with Crippen LogP contribution in [0.25, 0.3) is 0 Å². The Morgan fingerprint density at radius 1 is 1.32 bits per heavy atom. The zero-order chi connectivity index (χ0) is 14.5. The van der Waals surface area contributed by atoms with E-state index in [1.165, 1.54) is 0 Å². The van der Waals surface area contributed by atoms with Gasteiger partial charge in [-0.1, -0.05) is 20.8 Å². The molecule has 1 heterocycles. The molecule has 2 atom stereocenters. The zero-order valence-corrected chi connectivity index (χ0v) is 14.1. The van der Waals surface area contributed by atoms with Crippen LogP contribution in [0.3, 0.4) is 0 Å². The minimum absolute atomic E-state index is 0.0260. The Morgan fingerprint density at radius 3 is 2.37 bits per heavy atom. The molecular formula is C15H26BrN3. The van der Waals surface area contributed by atoms with Crippen LogP contribution in [-0.4, -0.2) is 34.6 Å². The van der Waals surface area contributed by atoms with Gasteiger partial charge in [0.2, 0.25) is 0 Å². The highest BCUT2D eigenvalue weighted by Crippen LogP contribution is 2.24. The minimum atomic E-state index is 0.0260. The first-order valence-corrected chi connectivity index (χ1v) is 7.88. The van der Waals surface area contributed by atoms with Crippen LogP contribution in [0.5, 0.6) is 0 Å². The molecule has 0 spiro atoms. The first kappa shape index (κ1) is 16.6. The van der Waals surface area contributed by atoms with Gasteiger partial charge in [-0.25, -0.2) is 0 Å². The molecule has 0 radical (unpaired) electrons. The predicted molar refractivity (Wildman–Crippen MR) is 85.2 cm³/mol. The van der Waals surface area contributed by atoms with E-state index in [1.807, 2.05) is 18.3 Å². The molecule has 0 bridgehead atoms. The van der Waals surface area contributed by atoms with Crippen molar-refractivity contribution in [3.8, 4) is 0 Å². The van der Waals surface area contributed by atoms with Crippen LogP contribution < -0.4 is 5.73 Å². The summed E-state index contributed by atoms with van der Waals surface area (Å²) in [6.07, 6.45) is 3.70. The summed E-state index contributed by atoms with van der Waals surface area (Å²) < 4.78 is 1.01. The number of likely N-dealkylation sites (N-methyl/N-ethyl adjacent to an activating group) is 1. The molecule has 0 amide bonds. The summed E-state index contributed by atoms with van der Waals surface area (Å²) >= 11 is 3.41. The molecule has 0 fully saturated rings. The van der Waals surface area contributed by atoms with Gasteiger partial charge in [-0.15, -0.1) is 0 Å². The van der Waals surface area contributed by atoms with E-state index in [-0.39, 0.29) is 11.6 Å². The molecule has 2 unspecified atom stereocenters. The number of aromatic nitrogens is 1. The third-order valence-electron chi connectivity index (χ3n) is 4.22. The number of pyridine rings is 1. The highest BCUT2D eigenvalue weighted by atomic mass is 79.9. The lowest BCUT2D eigenvalue weighted by Gasteiger charge is -2.44. The van der Waals surface area contributed by atoms with E-state index in [0.717, 1.165) is 36.1 Å². The second-order valence-electron chi connectivity index (χ2n) is 5.16. The fourth-order valence-electron chi connectivity index (χ4n) is 2.64. The lowest BCUT2D eigenvalue weighted by atomic mass is 9.85. The molecule has 1 rings (SSSR count). The second kappa shape index (κ2) is 7.36. The van der Waals surface area contributed by atoms with E-state index in [2.05, 4.69) is 53.5 Å². The first-order chi connectivity index (χ1) is 8.97. The Hall–Kier alpha value is -0.450. The van der Waals surface area contributed by atoms with E-state index >= 15 is 0 Å². The van der Waals surface area contributed by atoms with Gasteiger partial charge >= 0.3 is 0 Å². The number of rotatable bonds is 7. The summed E-state index contributed by atoms with van der Waals surface area (Å²) in [6.45, 7) is 10.9. The molecule has 19 heavy (non-hydrogen) atoms. The van der Waals surface area contributed by atoms with Crippen molar-refractivity contribution in [2.75, 3.05) is 13.1 Å². The normalized spacial score (nSPS) is 16.4. The zero-order valence-electron chi connectivity index (χ0n) is 12.5. The number of halogens is 1. The van der Waals surface area contributed by atoms with Crippen LogP contribution in [-0.2, 0) is 6.42 Å². The van der Waals surface area contributed by atoms with Crippen LogP contribution in [0.2, 0.25) is 0 Å². The van der Waals surface area contributed by atoms with E-state index in [9.17, 15) is 0 Å². The van der Waals surface area contributed by atoms with Gasteiger partial charge in [0.15, 0.2) is 0 Å². The average Bonchev–Trinajstić information content (AvgIpc) is 2.42. The van der Waals surface area contributed by atoms with Gasteiger partial charge in [0.1, 0.15) is 0 Å². The SMILES string of the molecule is CCN(CC)C(C)(CC)C(N)Cc1ccc(Br)cn1. The second-order valence-corrected chi connectivity index (χ2v) is 6.08. The molecule has 0 aliphatic carbocycles. The third kappa shape index (κ3) is 4.01. The minimum Gasteiger partial charge on any atom is -0.326 e. The lowest BCUT2D eigenvalue weighted by molar-refractivity contribution is 0.0842. The number of nitrogens with zero attached hydrogens (tertiary/aromatic N) is 2. The van der Waals surface area contributed by atoms with Crippen molar-refractivity contribution in [1.29, 1.82) is 0 Å². The smallest absolute Gasteiger partial charge is 0.0420 e. The highest BCUT2D eigenvalue weighted by molar-refractivity contribution is 9.10. The van der Waals surface area contributed by atoms with Crippen molar-refractivity contribution in [3.05, 3.63) is 28.5 Å². The summed E-state index contributed by atoms with van der Waals surface area (Å²) in [7, 11) is 0. The van der Waals surface area contributed by atoms with E-state index in [0.29, 0.717) is 0 Å². The Kier molecular flexibility index (Phi) is 6.43. The van der Waals surface area contributed by atoms with Crippen molar-refractivity contribution in [2.45, 2.75) is 52.1 Å². The molecule has 0 aliphatic heterocycles. The Labute approximate surface area is 125 Å². The molecule has 0 aromatic carbocycles. The van der Waals surface area contributed by atoms with Crippen LogP contribution in [0.1, 0.15) is 39.8 Å². The van der Waals surface area contributed by atoms with Gasteiger partial charge in [0.05, 0.1) is 0 Å². The van der Waals surface area contributed by atoms with Gasteiger partial charge in [0, 0.05) is 34.4 Å². The molecule has 1 aromatic heterocycles. The first-order valence-electron chi connectivity index (χ1n) is 7.08. The van der Waals surface area contributed by atoms with Crippen LogP contribution >= 0.6 is 15.9 Å². The topological polar surface area (TPSA) is 42.1 Å². The standard InChI is InChI=1S/C15H26BrN3/c1-5-15(4,19(6-2)7-3)14(17)10-13-9-8-12(16)11-18-13/h8-9,11,14H,5-7,10,17H2,1-4H3. The van der Waals surface area contributed by atoms with Crippen molar-refractivity contribution in [1.82, 2.24) is 9.88 Å². The maximum absolute atomic E-state index is 6.49. The maximum atomic E-state index is 6.49. The lowest BCUT2D eigenvalue weighted by Crippen LogP contribution is -2.58. The number of hydrogen-bond acceptors (Lipinski definition) is 3. The van der Waals surface area contributed by atoms with Gasteiger partial charge < -0.3 is 5.73 Å². The molecule has 0 aliphatic rings. The molecular weight excluding hydrogens is 302 g/mol. The largest absolute Gasteiger partial charge is 0.326 e. The van der Waals surface area contributed by atoms with Gasteiger partial charge in [0.25, 0.3) is 0 Å².